The van der Waals surface area contributed by atoms with E-state index in [-0.39, 0.29) is 11.6 Å². The summed E-state index contributed by atoms with van der Waals surface area (Å²) in [6.45, 7) is 0. The first-order valence-electron chi connectivity index (χ1n) is 6.56. The van der Waals surface area contributed by atoms with Crippen molar-refractivity contribution in [3.05, 3.63) is 35.4 Å². The Morgan fingerprint density at radius 3 is 2.60 bits per heavy atom. The van der Waals surface area contributed by atoms with Crippen molar-refractivity contribution in [2.24, 2.45) is 0 Å². The molecule has 0 saturated heterocycles. The van der Waals surface area contributed by atoms with Gasteiger partial charge in [-0.2, -0.15) is 18.4 Å². The Kier molecular flexibility index (Phi) is 5.39. The fraction of sp³-hybridized carbons (Fsp3) is 0.231. The van der Waals surface area contributed by atoms with E-state index in [0.29, 0.717) is 11.3 Å². The van der Waals surface area contributed by atoms with Gasteiger partial charge >= 0.3 is 6.18 Å². The van der Waals surface area contributed by atoms with Gasteiger partial charge in [0.15, 0.2) is 0 Å². The molecular weight excluding hydrogens is 381 g/mol. The number of nitrogens with zero attached hydrogens (tertiary/aromatic N) is 3. The van der Waals surface area contributed by atoms with Crippen LogP contribution in [0.4, 0.5) is 18.3 Å². The number of carbonyl (C=O) groups excluding carboxylic acids is 1. The second kappa shape index (κ2) is 7.16. The highest BCUT2D eigenvalue weighted by Crippen LogP contribution is 2.32. The number of hydrogen-bond acceptors (Lipinski definition) is 7. The Labute approximate surface area is 144 Å². The van der Waals surface area contributed by atoms with Crippen LogP contribution in [0.5, 0.6) is 0 Å². The molecular formula is C13H9F3N4O3S2. The Bertz CT molecular complexity index is 932. The van der Waals surface area contributed by atoms with Crippen LogP contribution in [0.25, 0.3) is 0 Å². The van der Waals surface area contributed by atoms with E-state index in [1.165, 1.54) is 6.07 Å². The number of carbonyl (C=O) groups is 1. The zero-order valence-corrected chi connectivity index (χ0v) is 13.9. The van der Waals surface area contributed by atoms with E-state index >= 15 is 0 Å². The molecule has 1 amide bonds. The number of aromatic nitrogens is 2. The summed E-state index contributed by atoms with van der Waals surface area (Å²) in [5.41, 5.74) is -1.75. The van der Waals surface area contributed by atoms with Gasteiger partial charge in [-0.15, -0.1) is 10.2 Å². The van der Waals surface area contributed by atoms with E-state index in [2.05, 4.69) is 15.5 Å². The van der Waals surface area contributed by atoms with Crippen molar-refractivity contribution in [3.63, 3.8) is 0 Å². The summed E-state index contributed by atoms with van der Waals surface area (Å²) in [6, 6.07) is 5.83. The number of nitrogens with one attached hydrogen (secondary N) is 1. The van der Waals surface area contributed by atoms with E-state index in [1.807, 2.05) is 0 Å². The third-order valence-corrected chi connectivity index (χ3v) is 5.85. The normalized spacial score (nSPS) is 11.8. The molecule has 0 atom stereocenters. The van der Waals surface area contributed by atoms with Crippen LogP contribution >= 0.6 is 11.3 Å². The molecule has 7 nitrogen and oxygen atoms in total. The maximum absolute atomic E-state index is 12.9. The zero-order valence-electron chi connectivity index (χ0n) is 12.2. The van der Waals surface area contributed by atoms with Gasteiger partial charge in [-0.25, -0.2) is 8.42 Å². The lowest BCUT2D eigenvalue weighted by atomic mass is 10.1. The van der Waals surface area contributed by atoms with Gasteiger partial charge in [0.1, 0.15) is 0 Å². The van der Waals surface area contributed by atoms with Crippen LogP contribution in [-0.2, 0) is 16.0 Å². The molecule has 1 heterocycles. The van der Waals surface area contributed by atoms with Crippen LogP contribution in [0.3, 0.4) is 0 Å². The van der Waals surface area contributed by atoms with Crippen molar-refractivity contribution >= 4 is 32.2 Å². The molecule has 1 N–H and O–H groups in total. The predicted octanol–water partition coefficient (Wildman–Crippen LogP) is 2.50. The van der Waals surface area contributed by atoms with Crippen LogP contribution in [-0.4, -0.2) is 30.3 Å². The van der Waals surface area contributed by atoms with Gasteiger partial charge in [-0.1, -0.05) is 23.5 Å². The molecule has 1 aromatic heterocycles. The second-order valence-electron chi connectivity index (χ2n) is 4.60. The maximum atomic E-state index is 12.9. The Morgan fingerprint density at radius 2 is 1.96 bits per heavy atom. The molecule has 0 unspecified atom stereocenters. The number of benzene rings is 1. The topological polar surface area (TPSA) is 113 Å². The Hall–Kier alpha value is -2.52. The molecule has 0 aliphatic heterocycles. The van der Waals surface area contributed by atoms with Crippen molar-refractivity contribution in [1.82, 2.24) is 10.2 Å². The minimum absolute atomic E-state index is 0.247. The van der Waals surface area contributed by atoms with Crippen LogP contribution in [0.2, 0.25) is 0 Å². The maximum Gasteiger partial charge on any atom is 0.417 e. The highest BCUT2D eigenvalue weighted by atomic mass is 32.2. The fourth-order valence-corrected chi connectivity index (χ4v) is 3.91. The molecule has 1 aromatic carbocycles. The lowest BCUT2D eigenvalue weighted by Crippen LogP contribution is -2.18. The van der Waals surface area contributed by atoms with Crippen LogP contribution in [0, 0.1) is 11.3 Å². The van der Waals surface area contributed by atoms with Gasteiger partial charge in [0, 0.05) is 6.42 Å². The first kappa shape index (κ1) is 18.8. The molecule has 0 aliphatic carbocycles. The molecule has 0 bridgehead atoms. The summed E-state index contributed by atoms with van der Waals surface area (Å²) in [5, 5.41) is 17.1. The third-order valence-electron chi connectivity index (χ3n) is 2.85. The van der Waals surface area contributed by atoms with E-state index in [4.69, 9.17) is 5.26 Å². The van der Waals surface area contributed by atoms with Crippen molar-refractivity contribution < 1.29 is 26.4 Å². The molecule has 0 aliphatic rings. The van der Waals surface area contributed by atoms with Crippen LogP contribution < -0.4 is 5.32 Å². The van der Waals surface area contributed by atoms with Gasteiger partial charge in [0.05, 0.1) is 22.9 Å². The molecule has 12 heteroatoms. The molecule has 0 spiro atoms. The van der Waals surface area contributed by atoms with Gasteiger partial charge < -0.3 is 0 Å². The highest BCUT2D eigenvalue weighted by molar-refractivity contribution is 7.93. The van der Waals surface area contributed by atoms with Crippen molar-refractivity contribution in [2.75, 3.05) is 11.1 Å². The molecule has 132 valence electrons. The lowest BCUT2D eigenvalue weighted by Gasteiger charge is -2.11. The number of halogens is 3. The molecule has 0 fully saturated rings. The predicted molar refractivity (Wildman–Crippen MR) is 81.6 cm³/mol. The lowest BCUT2D eigenvalue weighted by molar-refractivity contribution is -0.137. The summed E-state index contributed by atoms with van der Waals surface area (Å²) < 4.78 is 62.0. The van der Waals surface area contributed by atoms with E-state index in [0.717, 1.165) is 18.2 Å². The third kappa shape index (κ3) is 4.52. The van der Waals surface area contributed by atoms with E-state index in [9.17, 15) is 26.4 Å². The largest absolute Gasteiger partial charge is 0.417 e. The number of amides is 1. The first-order valence-corrected chi connectivity index (χ1v) is 9.03. The van der Waals surface area contributed by atoms with Crippen LogP contribution in [0.1, 0.15) is 22.3 Å². The van der Waals surface area contributed by atoms with Gasteiger partial charge in [-0.3, -0.25) is 10.1 Å². The molecule has 0 radical (unpaired) electrons. The average molecular weight is 390 g/mol. The second-order valence-corrected chi connectivity index (χ2v) is 7.86. The van der Waals surface area contributed by atoms with Crippen molar-refractivity contribution in [1.29, 1.82) is 5.26 Å². The van der Waals surface area contributed by atoms with Gasteiger partial charge in [0.2, 0.25) is 19.3 Å². The number of sulfone groups is 1. The Morgan fingerprint density at radius 1 is 1.28 bits per heavy atom. The molecule has 0 saturated carbocycles. The first-order chi connectivity index (χ1) is 11.6. The van der Waals surface area contributed by atoms with Gasteiger partial charge in [0.25, 0.3) is 5.91 Å². The Balaban J connectivity index is 2.23. The van der Waals surface area contributed by atoms with Crippen LogP contribution in [0.15, 0.2) is 28.6 Å². The van der Waals surface area contributed by atoms with Crippen molar-refractivity contribution in [3.8, 4) is 6.07 Å². The molecule has 2 aromatic rings. The average Bonchev–Trinajstić information content (AvgIpc) is 3.01. The van der Waals surface area contributed by atoms with Crippen molar-refractivity contribution in [2.45, 2.75) is 16.9 Å². The quantitative estimate of drug-likeness (QED) is 0.785. The number of alkyl halides is 3. The summed E-state index contributed by atoms with van der Waals surface area (Å²) >= 11 is 0.494. The molecule has 25 heavy (non-hydrogen) atoms. The SMILES string of the molecule is N#CCCS(=O)(=O)c1nnc(NC(=O)c2ccccc2C(F)(F)F)s1. The number of rotatable bonds is 5. The van der Waals surface area contributed by atoms with E-state index < -0.39 is 43.1 Å². The highest BCUT2D eigenvalue weighted by Gasteiger charge is 2.35. The van der Waals surface area contributed by atoms with Gasteiger partial charge in [-0.05, 0) is 12.1 Å². The zero-order chi connectivity index (χ0) is 18.7. The minimum Gasteiger partial charge on any atom is -0.296 e. The summed E-state index contributed by atoms with van der Waals surface area (Å²) in [7, 11) is -3.84. The summed E-state index contributed by atoms with van der Waals surface area (Å²) in [5.74, 6) is -1.56. The number of nitriles is 1. The monoisotopic (exact) mass is 390 g/mol. The smallest absolute Gasteiger partial charge is 0.296 e. The van der Waals surface area contributed by atoms with E-state index in [1.54, 1.807) is 6.07 Å². The molecule has 2 rings (SSSR count). The summed E-state index contributed by atoms with van der Waals surface area (Å²) in [6.07, 6.45) is -4.97. The number of hydrogen-bond donors (Lipinski definition) is 1. The fourth-order valence-electron chi connectivity index (χ4n) is 1.75. The standard InChI is InChI=1S/C13H9F3N4O3S2/c14-13(15,16)9-5-2-1-4-8(9)10(21)18-11-19-20-12(24-11)25(22,23)7-3-6-17/h1-2,4-5H,3,7H2,(H,18,19,21). The summed E-state index contributed by atoms with van der Waals surface area (Å²) in [4.78, 5) is 12.0. The minimum atomic E-state index is -4.72. The number of anilines is 1.